The second kappa shape index (κ2) is 8.91. The van der Waals surface area contributed by atoms with Crippen molar-refractivity contribution in [3.63, 3.8) is 0 Å². The molecule has 0 radical (unpaired) electrons. The molecule has 0 saturated carbocycles. The number of amides is 1. The normalized spacial score (nSPS) is 15.7. The van der Waals surface area contributed by atoms with Crippen LogP contribution in [0.3, 0.4) is 0 Å². The van der Waals surface area contributed by atoms with Crippen LogP contribution in [0.4, 0.5) is 0 Å². The van der Waals surface area contributed by atoms with E-state index < -0.39 is 6.04 Å². The van der Waals surface area contributed by atoms with Crippen LogP contribution in [0, 0.1) is 0 Å². The Labute approximate surface area is 190 Å². The van der Waals surface area contributed by atoms with Crippen molar-refractivity contribution in [2.75, 3.05) is 13.2 Å². The number of carbonyl (C=O) groups excluding carboxylic acids is 1. The number of nitrogens with zero attached hydrogens (tertiary/aromatic N) is 2. The number of aromatic amines is 1. The summed E-state index contributed by atoms with van der Waals surface area (Å²) >= 11 is 12.4. The van der Waals surface area contributed by atoms with E-state index in [0.29, 0.717) is 46.6 Å². The lowest BCUT2D eigenvalue weighted by Gasteiger charge is -2.27. The van der Waals surface area contributed by atoms with E-state index in [2.05, 4.69) is 10.2 Å². The molecule has 0 fully saturated rings. The molecule has 0 aliphatic carbocycles. The summed E-state index contributed by atoms with van der Waals surface area (Å²) in [5.74, 6) is -0.0503. The standard InChI is InChI=1S/C23H23Cl2N3O3/c1-13(2)31-11-5-10-28-22(14-8-9-16(24)17(25)12-14)19-20(26-27-21(19)23(28)30)15-6-3-4-7-18(15)29/h3-4,6-9,12-13,22,29H,5,10-11H2,1-2H3,(H,26,27). The zero-order valence-electron chi connectivity index (χ0n) is 17.2. The van der Waals surface area contributed by atoms with Crippen LogP contribution in [0.15, 0.2) is 42.5 Å². The number of para-hydroxylation sites is 1. The van der Waals surface area contributed by atoms with Crippen molar-refractivity contribution >= 4 is 29.1 Å². The molecule has 2 aromatic carbocycles. The molecule has 0 saturated heterocycles. The van der Waals surface area contributed by atoms with E-state index >= 15 is 0 Å². The number of nitrogens with one attached hydrogen (secondary N) is 1. The SMILES string of the molecule is CC(C)OCCCN1C(=O)c2[nH]nc(-c3ccccc3O)c2C1c1ccc(Cl)c(Cl)c1. The van der Waals surface area contributed by atoms with E-state index in [1.165, 1.54) is 0 Å². The zero-order valence-corrected chi connectivity index (χ0v) is 18.7. The number of ether oxygens (including phenoxy) is 1. The monoisotopic (exact) mass is 459 g/mol. The third kappa shape index (κ3) is 4.15. The summed E-state index contributed by atoms with van der Waals surface area (Å²) in [5.41, 5.74) is 3.06. The van der Waals surface area contributed by atoms with Gasteiger partial charge in [0.15, 0.2) is 0 Å². The Hall–Kier alpha value is -2.54. The smallest absolute Gasteiger partial charge is 0.273 e. The molecule has 0 bridgehead atoms. The van der Waals surface area contributed by atoms with Gasteiger partial charge in [-0.05, 0) is 50.1 Å². The maximum atomic E-state index is 13.3. The minimum Gasteiger partial charge on any atom is -0.507 e. The number of fused-ring (bicyclic) bond motifs is 1. The van der Waals surface area contributed by atoms with E-state index in [1.807, 2.05) is 26.0 Å². The first-order valence-electron chi connectivity index (χ1n) is 10.1. The lowest BCUT2D eigenvalue weighted by atomic mass is 9.95. The molecule has 1 aliphatic heterocycles. The van der Waals surface area contributed by atoms with Gasteiger partial charge in [0.05, 0.1) is 22.2 Å². The maximum absolute atomic E-state index is 13.3. The average Bonchev–Trinajstić information content (AvgIpc) is 3.27. The van der Waals surface area contributed by atoms with Gasteiger partial charge in [0.1, 0.15) is 17.1 Å². The van der Waals surface area contributed by atoms with Gasteiger partial charge in [0.2, 0.25) is 0 Å². The van der Waals surface area contributed by atoms with E-state index in [4.69, 9.17) is 27.9 Å². The molecule has 3 aromatic rings. The summed E-state index contributed by atoms with van der Waals surface area (Å²) in [4.78, 5) is 15.1. The van der Waals surface area contributed by atoms with Crippen molar-refractivity contribution in [3.05, 3.63) is 69.3 Å². The second-order valence-electron chi connectivity index (χ2n) is 7.73. The zero-order chi connectivity index (χ0) is 22.1. The minimum absolute atomic E-state index is 0.0981. The summed E-state index contributed by atoms with van der Waals surface area (Å²) in [6.07, 6.45) is 0.815. The van der Waals surface area contributed by atoms with Crippen molar-refractivity contribution in [2.24, 2.45) is 0 Å². The number of carbonyl (C=O) groups is 1. The number of aromatic nitrogens is 2. The first-order valence-corrected chi connectivity index (χ1v) is 10.9. The van der Waals surface area contributed by atoms with Gasteiger partial charge in [0, 0.05) is 24.3 Å². The second-order valence-corrected chi connectivity index (χ2v) is 8.54. The summed E-state index contributed by atoms with van der Waals surface area (Å²) in [5, 5.41) is 18.5. The van der Waals surface area contributed by atoms with Crippen LogP contribution in [0.2, 0.25) is 10.0 Å². The minimum atomic E-state index is -0.412. The first kappa shape index (κ1) is 21.7. The lowest BCUT2D eigenvalue weighted by molar-refractivity contribution is 0.0601. The number of hydrogen-bond acceptors (Lipinski definition) is 4. The molecule has 2 N–H and O–H groups in total. The Balaban J connectivity index is 1.77. The maximum Gasteiger partial charge on any atom is 0.273 e. The number of hydrogen-bond donors (Lipinski definition) is 2. The number of H-pyrrole nitrogens is 1. The molecule has 1 unspecified atom stereocenters. The Morgan fingerprint density at radius 3 is 2.68 bits per heavy atom. The van der Waals surface area contributed by atoms with Gasteiger partial charge in [0.25, 0.3) is 5.91 Å². The molecular weight excluding hydrogens is 437 g/mol. The lowest BCUT2D eigenvalue weighted by Crippen LogP contribution is -2.31. The molecule has 8 heteroatoms. The van der Waals surface area contributed by atoms with Crippen LogP contribution in [0.1, 0.15) is 47.9 Å². The van der Waals surface area contributed by atoms with E-state index in [9.17, 15) is 9.90 Å². The van der Waals surface area contributed by atoms with Crippen LogP contribution in [-0.4, -0.2) is 45.4 Å². The van der Waals surface area contributed by atoms with E-state index in [1.54, 1.807) is 35.2 Å². The van der Waals surface area contributed by atoms with Gasteiger partial charge in [-0.25, -0.2) is 0 Å². The number of halogens is 2. The Morgan fingerprint density at radius 2 is 1.97 bits per heavy atom. The van der Waals surface area contributed by atoms with Gasteiger partial charge in [-0.3, -0.25) is 9.89 Å². The van der Waals surface area contributed by atoms with E-state index in [-0.39, 0.29) is 17.8 Å². The van der Waals surface area contributed by atoms with Crippen molar-refractivity contribution < 1.29 is 14.6 Å². The Bertz CT molecular complexity index is 1110. The van der Waals surface area contributed by atoms with Crippen LogP contribution in [0.25, 0.3) is 11.3 Å². The fraction of sp³-hybridized carbons (Fsp3) is 0.304. The van der Waals surface area contributed by atoms with Crippen LogP contribution < -0.4 is 0 Å². The molecule has 1 atom stereocenters. The first-order chi connectivity index (χ1) is 14.9. The van der Waals surface area contributed by atoms with Crippen molar-refractivity contribution in [1.82, 2.24) is 15.1 Å². The quantitative estimate of drug-likeness (QED) is 0.460. The number of benzene rings is 2. The molecule has 2 heterocycles. The summed E-state index contributed by atoms with van der Waals surface area (Å²) < 4.78 is 5.65. The van der Waals surface area contributed by atoms with Crippen LogP contribution >= 0.6 is 23.2 Å². The average molecular weight is 460 g/mol. The van der Waals surface area contributed by atoms with Gasteiger partial charge in [-0.1, -0.05) is 41.4 Å². The summed E-state index contributed by atoms with van der Waals surface area (Å²) in [6.45, 7) is 5.01. The number of aromatic hydroxyl groups is 1. The molecule has 162 valence electrons. The highest BCUT2D eigenvalue weighted by Gasteiger charge is 2.42. The van der Waals surface area contributed by atoms with Gasteiger partial charge < -0.3 is 14.7 Å². The molecule has 6 nitrogen and oxygen atoms in total. The largest absolute Gasteiger partial charge is 0.507 e. The molecular formula is C23H23Cl2N3O3. The molecule has 1 aromatic heterocycles. The Morgan fingerprint density at radius 1 is 1.19 bits per heavy atom. The summed E-state index contributed by atoms with van der Waals surface area (Å²) in [7, 11) is 0. The van der Waals surface area contributed by atoms with Crippen LogP contribution in [0.5, 0.6) is 5.75 Å². The molecule has 1 amide bonds. The van der Waals surface area contributed by atoms with Gasteiger partial charge in [-0.2, -0.15) is 5.10 Å². The predicted molar refractivity (Wildman–Crippen MR) is 121 cm³/mol. The van der Waals surface area contributed by atoms with E-state index in [0.717, 1.165) is 11.1 Å². The number of phenols is 1. The third-order valence-electron chi connectivity index (χ3n) is 5.28. The molecule has 0 spiro atoms. The molecule has 1 aliphatic rings. The molecule has 4 rings (SSSR count). The van der Waals surface area contributed by atoms with Crippen molar-refractivity contribution in [1.29, 1.82) is 0 Å². The van der Waals surface area contributed by atoms with Crippen LogP contribution in [-0.2, 0) is 4.74 Å². The van der Waals surface area contributed by atoms with Crippen molar-refractivity contribution in [3.8, 4) is 17.0 Å². The third-order valence-corrected chi connectivity index (χ3v) is 6.02. The highest BCUT2D eigenvalue weighted by atomic mass is 35.5. The summed E-state index contributed by atoms with van der Waals surface area (Å²) in [6, 6.07) is 11.9. The molecule has 31 heavy (non-hydrogen) atoms. The van der Waals surface area contributed by atoms with Gasteiger partial charge >= 0.3 is 0 Å². The topological polar surface area (TPSA) is 78.5 Å². The fourth-order valence-electron chi connectivity index (χ4n) is 3.89. The Kier molecular flexibility index (Phi) is 6.23. The predicted octanol–water partition coefficient (Wildman–Crippen LogP) is 5.45. The van der Waals surface area contributed by atoms with Gasteiger partial charge in [-0.15, -0.1) is 0 Å². The van der Waals surface area contributed by atoms with Crippen molar-refractivity contribution in [2.45, 2.75) is 32.4 Å². The highest BCUT2D eigenvalue weighted by molar-refractivity contribution is 6.42. The highest BCUT2D eigenvalue weighted by Crippen LogP contribution is 2.45. The number of phenolic OH excluding ortho intramolecular Hbond substituents is 1. The fourth-order valence-corrected chi connectivity index (χ4v) is 4.20. The number of rotatable bonds is 7.